The van der Waals surface area contributed by atoms with Crippen molar-refractivity contribution >= 4 is 35.6 Å². The third-order valence-corrected chi connectivity index (χ3v) is 4.65. The first-order valence-electron chi connectivity index (χ1n) is 9.28. The van der Waals surface area contributed by atoms with E-state index in [1.54, 1.807) is 13.1 Å². The quantitative estimate of drug-likeness (QED) is 0.740. The number of hydrogen-bond donors (Lipinski definition) is 1. The Labute approximate surface area is 167 Å². The third-order valence-electron chi connectivity index (χ3n) is 4.65. The van der Waals surface area contributed by atoms with Crippen LogP contribution in [0.4, 0.5) is 14.9 Å². The number of nitrogens with zero attached hydrogens (tertiary/aromatic N) is 3. The fraction of sp³-hybridized carbons (Fsp3) is 0.350. The largest absolute Gasteiger partial charge is 0.496 e. The Bertz CT molecular complexity index is 967. The Morgan fingerprint density at radius 3 is 2.76 bits per heavy atom. The summed E-state index contributed by atoms with van der Waals surface area (Å²) in [5.74, 6) is -1.89. The molecule has 0 bridgehead atoms. The molecule has 29 heavy (non-hydrogen) atoms. The molecular weight excluding hydrogens is 379 g/mol. The molecule has 0 radical (unpaired) electrons. The molecule has 9 heteroatoms. The van der Waals surface area contributed by atoms with Crippen molar-refractivity contribution in [2.24, 2.45) is 10.9 Å². The number of fused-ring (bicyclic) bond motifs is 1. The van der Waals surface area contributed by atoms with Crippen LogP contribution in [0.3, 0.4) is 0 Å². The highest BCUT2D eigenvalue weighted by Crippen LogP contribution is 2.29. The van der Waals surface area contributed by atoms with E-state index in [1.165, 1.54) is 29.8 Å². The van der Waals surface area contributed by atoms with E-state index in [1.807, 2.05) is 6.92 Å². The van der Waals surface area contributed by atoms with Crippen LogP contribution >= 0.6 is 0 Å². The lowest BCUT2D eigenvalue weighted by atomic mass is 9.94. The van der Waals surface area contributed by atoms with Crippen molar-refractivity contribution < 1.29 is 28.1 Å². The van der Waals surface area contributed by atoms with Gasteiger partial charge in [0.25, 0.3) is 11.7 Å². The molecule has 4 amide bonds. The molecule has 1 aromatic carbocycles. The van der Waals surface area contributed by atoms with Crippen molar-refractivity contribution in [1.82, 2.24) is 4.90 Å². The summed E-state index contributed by atoms with van der Waals surface area (Å²) in [6.45, 7) is 3.56. The van der Waals surface area contributed by atoms with Crippen LogP contribution in [0.25, 0.3) is 0 Å². The van der Waals surface area contributed by atoms with Gasteiger partial charge in [0.2, 0.25) is 0 Å². The number of rotatable bonds is 6. The predicted octanol–water partition coefficient (Wildman–Crippen LogP) is 2.17. The first kappa shape index (κ1) is 20.4. The molecule has 2 aliphatic rings. The second kappa shape index (κ2) is 8.34. The minimum Gasteiger partial charge on any atom is -0.496 e. The molecule has 8 nitrogen and oxygen atoms in total. The van der Waals surface area contributed by atoms with Crippen molar-refractivity contribution in [2.45, 2.75) is 20.3 Å². The molecular formula is C20H22FN4O4+. The standard InChI is InChI=1S/C20H21FN4O4/c1-4-12-10-22-18-16(17(12)29-5-2)19(27)25(20(28)24(18)3)11-15(26)23-14-8-6-7-13(21)9-14/h6-10,16H,4-5,11H2,1-3H3/p+1. The number of amides is 4. The lowest BCUT2D eigenvalue weighted by Crippen LogP contribution is -2.56. The Hall–Kier alpha value is -3.36. The average Bonchev–Trinajstić information content (AvgIpc) is 2.69. The maximum absolute atomic E-state index is 13.3. The highest BCUT2D eigenvalue weighted by atomic mass is 19.1. The summed E-state index contributed by atoms with van der Waals surface area (Å²) in [4.78, 5) is 43.4. The average molecular weight is 401 g/mol. The van der Waals surface area contributed by atoms with E-state index in [0.29, 0.717) is 18.8 Å². The molecule has 0 spiro atoms. The summed E-state index contributed by atoms with van der Waals surface area (Å²) in [5, 5.41) is 2.49. The van der Waals surface area contributed by atoms with Gasteiger partial charge in [-0.25, -0.2) is 9.18 Å². The van der Waals surface area contributed by atoms with Crippen LogP contribution in [0, 0.1) is 11.7 Å². The summed E-state index contributed by atoms with van der Waals surface area (Å²) in [5.41, 5.74) is 0.999. The number of halogens is 1. The Kier molecular flexibility index (Phi) is 5.86. The van der Waals surface area contributed by atoms with Gasteiger partial charge in [-0.2, -0.15) is 9.48 Å². The first-order chi connectivity index (χ1) is 13.9. The second-order valence-corrected chi connectivity index (χ2v) is 6.55. The van der Waals surface area contributed by atoms with Crippen molar-refractivity contribution in [1.29, 1.82) is 0 Å². The normalized spacial score (nSPS) is 18.9. The molecule has 2 heterocycles. The number of ether oxygens (including phenoxy) is 1. The van der Waals surface area contributed by atoms with Crippen LogP contribution < -0.4 is 5.32 Å². The number of carbonyl (C=O) groups is 3. The number of amidine groups is 1. The Morgan fingerprint density at radius 1 is 1.34 bits per heavy atom. The van der Waals surface area contributed by atoms with Gasteiger partial charge >= 0.3 is 11.9 Å². The maximum atomic E-state index is 13.3. The van der Waals surface area contributed by atoms with Crippen molar-refractivity contribution in [3.8, 4) is 0 Å². The summed E-state index contributed by atoms with van der Waals surface area (Å²) in [6, 6.07) is 4.69. The van der Waals surface area contributed by atoms with E-state index < -0.39 is 36.1 Å². The number of anilines is 1. The molecule has 1 atom stereocenters. The van der Waals surface area contributed by atoms with Gasteiger partial charge in [0.15, 0.2) is 12.5 Å². The SMILES string of the molecule is CCOC1=C(CC)C=NC2=[N+](C)C(=O)N(CC(=O)Nc3cccc(F)c3)C(=O)C12. The van der Waals surface area contributed by atoms with Gasteiger partial charge in [-0.15, -0.1) is 4.99 Å². The van der Waals surface area contributed by atoms with Gasteiger partial charge in [-0.3, -0.25) is 9.59 Å². The van der Waals surface area contributed by atoms with Gasteiger partial charge in [0.05, 0.1) is 13.7 Å². The van der Waals surface area contributed by atoms with Crippen molar-refractivity contribution in [3.63, 3.8) is 0 Å². The number of benzene rings is 1. The Morgan fingerprint density at radius 2 is 2.10 bits per heavy atom. The number of carbonyl (C=O) groups excluding carboxylic acids is 3. The smallest absolute Gasteiger partial charge is 0.446 e. The number of urea groups is 1. The zero-order valence-electron chi connectivity index (χ0n) is 16.4. The lowest BCUT2D eigenvalue weighted by molar-refractivity contribution is -0.408. The molecule has 0 aliphatic carbocycles. The van der Waals surface area contributed by atoms with Crippen LogP contribution in [0.2, 0.25) is 0 Å². The van der Waals surface area contributed by atoms with Crippen molar-refractivity contribution in [2.75, 3.05) is 25.5 Å². The number of allylic oxidation sites excluding steroid dienone is 1. The first-order valence-corrected chi connectivity index (χ1v) is 9.28. The van der Waals surface area contributed by atoms with E-state index in [4.69, 9.17) is 4.74 Å². The zero-order chi connectivity index (χ0) is 21.1. The molecule has 1 aromatic rings. The highest BCUT2D eigenvalue weighted by molar-refractivity contribution is 6.17. The number of hydrogen-bond acceptors (Lipinski definition) is 5. The van der Waals surface area contributed by atoms with E-state index >= 15 is 0 Å². The summed E-state index contributed by atoms with van der Waals surface area (Å²) < 4.78 is 20.3. The molecule has 0 saturated heterocycles. The molecule has 0 saturated carbocycles. The molecule has 2 aliphatic heterocycles. The topological polar surface area (TPSA) is 91.1 Å². The lowest BCUT2D eigenvalue weighted by Gasteiger charge is -2.29. The Balaban J connectivity index is 1.88. The van der Waals surface area contributed by atoms with Gasteiger partial charge in [-0.1, -0.05) is 13.0 Å². The van der Waals surface area contributed by atoms with Crippen LogP contribution in [-0.2, 0) is 14.3 Å². The predicted molar refractivity (Wildman–Crippen MR) is 104 cm³/mol. The molecule has 1 unspecified atom stereocenters. The minimum atomic E-state index is -0.889. The second-order valence-electron chi connectivity index (χ2n) is 6.55. The van der Waals surface area contributed by atoms with Crippen LogP contribution in [-0.4, -0.2) is 59.6 Å². The zero-order valence-corrected chi connectivity index (χ0v) is 16.4. The highest BCUT2D eigenvalue weighted by Gasteiger charge is 2.51. The van der Waals surface area contributed by atoms with E-state index in [0.717, 1.165) is 16.5 Å². The van der Waals surface area contributed by atoms with Crippen LogP contribution in [0.15, 0.2) is 40.6 Å². The monoisotopic (exact) mass is 401 g/mol. The van der Waals surface area contributed by atoms with E-state index in [2.05, 4.69) is 10.3 Å². The number of aliphatic imine (C=N–C) groups is 1. The summed E-state index contributed by atoms with van der Waals surface area (Å²) in [7, 11) is 1.49. The molecule has 0 fully saturated rings. The van der Waals surface area contributed by atoms with Crippen molar-refractivity contribution in [3.05, 3.63) is 41.4 Å². The fourth-order valence-electron chi connectivity index (χ4n) is 3.27. The van der Waals surface area contributed by atoms with Gasteiger partial charge in [0.1, 0.15) is 17.8 Å². The minimum absolute atomic E-state index is 0.234. The third kappa shape index (κ3) is 3.94. The van der Waals surface area contributed by atoms with Crippen LogP contribution in [0.1, 0.15) is 20.3 Å². The molecule has 3 rings (SSSR count). The molecule has 0 aromatic heterocycles. The summed E-state index contributed by atoms with van der Waals surface area (Å²) in [6.07, 6.45) is 2.20. The van der Waals surface area contributed by atoms with E-state index in [-0.39, 0.29) is 11.5 Å². The number of nitrogens with one attached hydrogen (secondary N) is 1. The summed E-state index contributed by atoms with van der Waals surface area (Å²) >= 11 is 0. The van der Waals surface area contributed by atoms with E-state index in [9.17, 15) is 18.8 Å². The molecule has 1 N–H and O–H groups in total. The van der Waals surface area contributed by atoms with Gasteiger partial charge in [-0.05, 0) is 31.5 Å². The maximum Gasteiger partial charge on any atom is 0.446 e. The fourth-order valence-corrected chi connectivity index (χ4v) is 3.27. The van der Waals surface area contributed by atoms with Crippen LogP contribution in [0.5, 0.6) is 0 Å². The number of imide groups is 1. The number of dihydropyridines is 1. The van der Waals surface area contributed by atoms with Gasteiger partial charge < -0.3 is 10.1 Å². The van der Waals surface area contributed by atoms with Gasteiger partial charge in [0, 0.05) is 11.3 Å². The molecule has 152 valence electrons.